The van der Waals surface area contributed by atoms with Gasteiger partial charge >= 0.3 is 11.9 Å². The SMILES string of the molecule is CCCC(CCC)C(=O)N[C@@H](CC(=O)O)C(=O)N1CCC[C@]1(C(=O)OCc1ccccc1)C1[C@@H](N)C2CCN1CC2. The van der Waals surface area contributed by atoms with Crippen molar-refractivity contribution in [1.29, 1.82) is 0 Å². The van der Waals surface area contributed by atoms with E-state index < -0.39 is 41.9 Å². The Morgan fingerprint density at radius 1 is 1.07 bits per heavy atom. The zero-order valence-corrected chi connectivity index (χ0v) is 24.4. The van der Waals surface area contributed by atoms with Gasteiger partial charge in [0.25, 0.3) is 0 Å². The summed E-state index contributed by atoms with van der Waals surface area (Å²) in [7, 11) is 0. The first-order chi connectivity index (χ1) is 19.7. The summed E-state index contributed by atoms with van der Waals surface area (Å²) >= 11 is 0. The van der Waals surface area contributed by atoms with Gasteiger partial charge in [-0.15, -0.1) is 0 Å². The first-order valence-electron chi connectivity index (χ1n) is 15.3. The Labute approximate surface area is 243 Å². The topological polar surface area (TPSA) is 142 Å². The normalized spacial score (nSPS) is 28.0. The molecule has 41 heavy (non-hydrogen) atoms. The molecule has 5 rings (SSSR count). The molecular weight excluding hydrogens is 524 g/mol. The number of carboxylic acid groups (broad SMARTS) is 1. The number of esters is 1. The number of nitrogens with one attached hydrogen (secondary N) is 1. The van der Waals surface area contributed by atoms with Crippen LogP contribution in [0.5, 0.6) is 0 Å². The van der Waals surface area contributed by atoms with Crippen molar-refractivity contribution in [3.05, 3.63) is 35.9 Å². The molecule has 2 bridgehead atoms. The molecule has 4 saturated heterocycles. The molecule has 1 aromatic rings. The molecule has 4 N–H and O–H groups in total. The van der Waals surface area contributed by atoms with Crippen molar-refractivity contribution < 1.29 is 29.0 Å². The van der Waals surface area contributed by atoms with Crippen LogP contribution in [0, 0.1) is 11.8 Å². The van der Waals surface area contributed by atoms with Crippen LogP contribution in [0.25, 0.3) is 0 Å². The maximum Gasteiger partial charge on any atom is 0.334 e. The van der Waals surface area contributed by atoms with E-state index in [0.29, 0.717) is 25.7 Å². The highest BCUT2D eigenvalue weighted by Gasteiger charge is 2.62. The number of carbonyl (C=O) groups is 4. The fourth-order valence-electron chi connectivity index (χ4n) is 7.30. The Morgan fingerprint density at radius 3 is 2.32 bits per heavy atom. The number of amides is 2. The largest absolute Gasteiger partial charge is 0.481 e. The number of benzene rings is 1. The number of fused-ring (bicyclic) bond motifs is 3. The Hall–Kier alpha value is -2.98. The van der Waals surface area contributed by atoms with Crippen LogP contribution >= 0.6 is 0 Å². The number of rotatable bonds is 13. The monoisotopic (exact) mass is 570 g/mol. The first-order valence-corrected chi connectivity index (χ1v) is 15.3. The fraction of sp³-hybridized carbons (Fsp3) is 0.677. The van der Waals surface area contributed by atoms with E-state index in [4.69, 9.17) is 10.5 Å². The van der Waals surface area contributed by atoms with Gasteiger partial charge in [-0.1, -0.05) is 57.0 Å². The summed E-state index contributed by atoms with van der Waals surface area (Å²) in [5.41, 5.74) is 6.30. The molecule has 226 valence electrons. The number of carbonyl (C=O) groups excluding carboxylic acids is 3. The molecule has 10 heteroatoms. The molecule has 4 aliphatic rings. The van der Waals surface area contributed by atoms with Gasteiger partial charge in [-0.25, -0.2) is 4.79 Å². The number of piperidine rings is 3. The van der Waals surface area contributed by atoms with Crippen molar-refractivity contribution in [3.63, 3.8) is 0 Å². The number of nitrogens with zero attached hydrogens (tertiary/aromatic N) is 2. The smallest absolute Gasteiger partial charge is 0.334 e. The number of ether oxygens (including phenoxy) is 1. The summed E-state index contributed by atoms with van der Waals surface area (Å²) in [5, 5.41) is 12.5. The number of nitrogens with two attached hydrogens (primary N) is 1. The van der Waals surface area contributed by atoms with Crippen LogP contribution in [0.2, 0.25) is 0 Å². The van der Waals surface area contributed by atoms with Gasteiger partial charge < -0.3 is 25.8 Å². The van der Waals surface area contributed by atoms with Gasteiger partial charge in [-0.3, -0.25) is 19.3 Å². The lowest BCUT2D eigenvalue weighted by Crippen LogP contribution is -2.76. The Morgan fingerprint density at radius 2 is 1.73 bits per heavy atom. The number of likely N-dealkylation sites (tertiary alicyclic amines) is 1. The van der Waals surface area contributed by atoms with Crippen LogP contribution in [-0.2, 0) is 30.5 Å². The van der Waals surface area contributed by atoms with E-state index in [0.717, 1.165) is 44.3 Å². The van der Waals surface area contributed by atoms with Crippen LogP contribution in [0.1, 0.15) is 77.2 Å². The lowest BCUT2D eigenvalue weighted by molar-refractivity contribution is -0.174. The van der Waals surface area contributed by atoms with Gasteiger partial charge in [-0.05, 0) is 63.1 Å². The highest BCUT2D eigenvalue weighted by Crippen LogP contribution is 2.44. The predicted molar refractivity (Wildman–Crippen MR) is 153 cm³/mol. The second-order valence-electron chi connectivity index (χ2n) is 11.9. The second kappa shape index (κ2) is 13.8. The minimum absolute atomic E-state index is 0.0554. The molecule has 10 nitrogen and oxygen atoms in total. The van der Waals surface area contributed by atoms with Crippen LogP contribution in [0.4, 0.5) is 0 Å². The standard InChI is InChI=1S/C31H46N4O6/c1-3-9-23(10-4-2)28(38)33-24(19-25(36)37)29(39)35-16-8-15-31(35,27-26(32)22-13-17-34(27)18-14-22)30(40)41-20-21-11-6-5-7-12-21/h5-7,11-12,22-24,26-27H,3-4,8-10,13-20,32H2,1-2H3,(H,33,38)(H,36,37)/t24-,26-,27?,31+/m0/s1. The quantitative estimate of drug-likeness (QED) is 0.307. The summed E-state index contributed by atoms with van der Waals surface area (Å²) in [4.78, 5) is 57.4. The van der Waals surface area contributed by atoms with Crippen molar-refractivity contribution in [3.8, 4) is 0 Å². The van der Waals surface area contributed by atoms with E-state index in [2.05, 4.69) is 10.2 Å². The number of carboxylic acids is 1. The molecule has 4 aliphatic heterocycles. The lowest BCUT2D eigenvalue weighted by atomic mass is 9.70. The van der Waals surface area contributed by atoms with Crippen LogP contribution in [0.3, 0.4) is 0 Å². The summed E-state index contributed by atoms with van der Waals surface area (Å²) < 4.78 is 5.93. The van der Waals surface area contributed by atoms with Gasteiger partial charge in [0.05, 0.1) is 12.5 Å². The molecule has 1 unspecified atom stereocenters. The molecule has 4 atom stereocenters. The van der Waals surface area contributed by atoms with E-state index in [1.54, 1.807) is 0 Å². The molecule has 1 aromatic carbocycles. The summed E-state index contributed by atoms with van der Waals surface area (Å²) in [6.07, 6.45) is 5.14. The maximum atomic E-state index is 14.3. The molecule has 0 aromatic heterocycles. The summed E-state index contributed by atoms with van der Waals surface area (Å²) in [6, 6.07) is 7.30. The Bertz CT molecular complexity index is 1070. The average molecular weight is 571 g/mol. The van der Waals surface area contributed by atoms with Crippen molar-refractivity contribution in [2.45, 2.75) is 102 Å². The molecule has 0 aliphatic carbocycles. The number of aliphatic carboxylic acids is 1. The molecule has 0 radical (unpaired) electrons. The minimum Gasteiger partial charge on any atom is -0.481 e. The van der Waals surface area contributed by atoms with Crippen LogP contribution in [0.15, 0.2) is 30.3 Å². The van der Waals surface area contributed by atoms with Crippen molar-refractivity contribution >= 4 is 23.8 Å². The molecule has 2 amide bonds. The van der Waals surface area contributed by atoms with E-state index >= 15 is 0 Å². The molecule has 4 heterocycles. The van der Waals surface area contributed by atoms with Gasteiger partial charge in [0.2, 0.25) is 11.8 Å². The zero-order chi connectivity index (χ0) is 29.6. The fourth-order valence-corrected chi connectivity index (χ4v) is 7.30. The molecule has 0 spiro atoms. The van der Waals surface area contributed by atoms with Crippen molar-refractivity contribution in [2.24, 2.45) is 17.6 Å². The van der Waals surface area contributed by atoms with Gasteiger partial charge in [-0.2, -0.15) is 0 Å². The highest BCUT2D eigenvalue weighted by atomic mass is 16.5. The molecule has 4 fully saturated rings. The average Bonchev–Trinajstić information content (AvgIpc) is 3.41. The van der Waals surface area contributed by atoms with Gasteiger partial charge in [0, 0.05) is 18.5 Å². The third kappa shape index (κ3) is 6.59. The van der Waals surface area contributed by atoms with Crippen molar-refractivity contribution in [1.82, 2.24) is 15.1 Å². The Balaban J connectivity index is 1.67. The lowest BCUT2D eigenvalue weighted by Gasteiger charge is -2.57. The first kappa shape index (κ1) is 31.0. The molecule has 0 saturated carbocycles. The maximum absolute atomic E-state index is 14.3. The predicted octanol–water partition coefficient (Wildman–Crippen LogP) is 2.69. The van der Waals surface area contributed by atoms with E-state index in [1.165, 1.54) is 4.90 Å². The highest BCUT2D eigenvalue weighted by molar-refractivity contribution is 5.96. The van der Waals surface area contributed by atoms with Crippen molar-refractivity contribution in [2.75, 3.05) is 19.6 Å². The van der Waals surface area contributed by atoms with E-state index in [1.807, 2.05) is 44.2 Å². The zero-order valence-electron chi connectivity index (χ0n) is 24.4. The van der Waals surface area contributed by atoms with Gasteiger partial charge in [0.1, 0.15) is 12.6 Å². The second-order valence-corrected chi connectivity index (χ2v) is 11.9. The number of hydrogen-bond acceptors (Lipinski definition) is 7. The van der Waals surface area contributed by atoms with Crippen LogP contribution in [-0.4, -0.2) is 82.0 Å². The Kier molecular flexibility index (Phi) is 10.4. The summed E-state index contributed by atoms with van der Waals surface area (Å²) in [6.45, 7) is 5.87. The van der Waals surface area contributed by atoms with Gasteiger partial charge in [0.15, 0.2) is 5.54 Å². The van der Waals surface area contributed by atoms with Crippen LogP contribution < -0.4 is 11.1 Å². The molecular formula is C31H46N4O6. The third-order valence-electron chi connectivity index (χ3n) is 9.26. The van der Waals surface area contributed by atoms with E-state index in [9.17, 15) is 24.3 Å². The third-order valence-corrected chi connectivity index (χ3v) is 9.26. The summed E-state index contributed by atoms with van der Waals surface area (Å²) in [5.74, 6) is -2.66. The number of hydrogen-bond donors (Lipinski definition) is 3. The minimum atomic E-state index is -1.36. The van der Waals surface area contributed by atoms with E-state index in [-0.39, 0.29) is 36.9 Å².